The maximum absolute atomic E-state index is 13.1. The molecule has 0 fully saturated rings. The van der Waals surface area contributed by atoms with Crippen LogP contribution in [-0.4, -0.2) is 35.9 Å². The van der Waals surface area contributed by atoms with Gasteiger partial charge in [0.2, 0.25) is 0 Å². The molecule has 1 amide bonds. The van der Waals surface area contributed by atoms with Crippen molar-refractivity contribution in [3.8, 4) is 17.2 Å². The third kappa shape index (κ3) is 4.49. The van der Waals surface area contributed by atoms with Crippen LogP contribution in [0.2, 0.25) is 0 Å². The fraction of sp³-hybridized carbons (Fsp3) is 0.238. The molecule has 3 aromatic rings. The van der Waals surface area contributed by atoms with Crippen molar-refractivity contribution < 1.29 is 18.7 Å². The highest BCUT2D eigenvalue weighted by molar-refractivity contribution is 5.95. The summed E-state index contributed by atoms with van der Waals surface area (Å²) in [5.41, 5.74) is 1.96. The molecule has 0 saturated carbocycles. The monoisotopic (exact) mass is 383 g/mol. The summed E-state index contributed by atoms with van der Waals surface area (Å²) in [7, 11) is 1.59. The Morgan fingerprint density at radius 1 is 1.18 bits per heavy atom. The Morgan fingerprint density at radius 2 is 1.93 bits per heavy atom. The zero-order chi connectivity index (χ0) is 19.9. The van der Waals surface area contributed by atoms with Gasteiger partial charge in [-0.25, -0.2) is 9.07 Å². The van der Waals surface area contributed by atoms with Crippen molar-refractivity contribution in [3.63, 3.8) is 0 Å². The first kappa shape index (κ1) is 19.4. The van der Waals surface area contributed by atoms with E-state index in [1.807, 2.05) is 25.1 Å². The average Bonchev–Trinajstić information content (AvgIpc) is 3.16. The lowest BCUT2D eigenvalue weighted by atomic mass is 10.2. The molecule has 0 spiro atoms. The van der Waals surface area contributed by atoms with E-state index in [0.717, 1.165) is 5.69 Å². The number of carbonyl (C=O) groups is 1. The number of hydrogen-bond acceptors (Lipinski definition) is 4. The highest BCUT2D eigenvalue weighted by atomic mass is 19.1. The second-order valence-electron chi connectivity index (χ2n) is 6.03. The van der Waals surface area contributed by atoms with Gasteiger partial charge < -0.3 is 14.8 Å². The minimum absolute atomic E-state index is 0.223. The predicted octanol–water partition coefficient (Wildman–Crippen LogP) is 3.39. The summed E-state index contributed by atoms with van der Waals surface area (Å²) in [5.74, 6) is 0.844. The molecule has 3 rings (SSSR count). The summed E-state index contributed by atoms with van der Waals surface area (Å²) in [4.78, 5) is 12.5. The van der Waals surface area contributed by atoms with Crippen LogP contribution in [0, 0.1) is 5.82 Å². The van der Waals surface area contributed by atoms with Gasteiger partial charge in [0.1, 0.15) is 23.9 Å². The highest BCUT2D eigenvalue weighted by Gasteiger charge is 2.17. The smallest absolute Gasteiger partial charge is 0.254 e. The molecule has 2 aromatic carbocycles. The molecule has 1 N–H and O–H groups in total. The van der Waals surface area contributed by atoms with E-state index in [9.17, 15) is 9.18 Å². The zero-order valence-corrected chi connectivity index (χ0v) is 15.8. The summed E-state index contributed by atoms with van der Waals surface area (Å²) in [6.45, 7) is 2.62. The van der Waals surface area contributed by atoms with E-state index in [2.05, 4.69) is 10.4 Å². The Hall–Kier alpha value is -3.35. The molecule has 0 atom stereocenters. The van der Waals surface area contributed by atoms with Crippen LogP contribution in [0.25, 0.3) is 5.69 Å². The van der Waals surface area contributed by atoms with E-state index in [4.69, 9.17) is 9.47 Å². The Bertz CT molecular complexity index is 938. The topological polar surface area (TPSA) is 65.4 Å². The van der Waals surface area contributed by atoms with Gasteiger partial charge in [0, 0.05) is 6.07 Å². The standard InChI is InChI=1S/C21H22FN3O3/c1-3-20-19(14-24-25(20)16-9-7-15(22)8-10-16)21(26)23-11-12-28-18-6-4-5-17(13-18)27-2/h4-10,13-14H,3,11-12H2,1-2H3,(H,23,26). The van der Waals surface area contributed by atoms with Crippen LogP contribution in [0.15, 0.2) is 54.7 Å². The predicted molar refractivity (Wildman–Crippen MR) is 104 cm³/mol. The van der Waals surface area contributed by atoms with Gasteiger partial charge in [0.05, 0.1) is 36.8 Å². The quantitative estimate of drug-likeness (QED) is 0.606. The summed E-state index contributed by atoms with van der Waals surface area (Å²) in [6.07, 6.45) is 2.14. The van der Waals surface area contributed by atoms with Gasteiger partial charge in [-0.2, -0.15) is 5.10 Å². The molecule has 0 bridgehead atoms. The van der Waals surface area contributed by atoms with Gasteiger partial charge in [-0.1, -0.05) is 13.0 Å². The molecule has 0 aliphatic carbocycles. The Labute approximate surface area is 162 Å². The molecule has 0 saturated heterocycles. The van der Waals surface area contributed by atoms with Crippen molar-refractivity contribution >= 4 is 5.91 Å². The molecule has 28 heavy (non-hydrogen) atoms. The number of hydrogen-bond donors (Lipinski definition) is 1. The van der Waals surface area contributed by atoms with Gasteiger partial charge in [-0.15, -0.1) is 0 Å². The maximum Gasteiger partial charge on any atom is 0.254 e. The van der Waals surface area contributed by atoms with Crippen LogP contribution >= 0.6 is 0 Å². The molecule has 0 aliphatic heterocycles. The summed E-state index contributed by atoms with van der Waals surface area (Å²) >= 11 is 0. The highest BCUT2D eigenvalue weighted by Crippen LogP contribution is 2.19. The van der Waals surface area contributed by atoms with Crippen LogP contribution in [0.4, 0.5) is 4.39 Å². The molecule has 1 heterocycles. The fourth-order valence-corrected chi connectivity index (χ4v) is 2.83. The minimum atomic E-state index is -0.317. The lowest BCUT2D eigenvalue weighted by Crippen LogP contribution is -2.28. The second-order valence-corrected chi connectivity index (χ2v) is 6.03. The molecule has 146 valence electrons. The molecule has 0 radical (unpaired) electrons. The van der Waals surface area contributed by atoms with Crippen molar-refractivity contribution in [1.82, 2.24) is 15.1 Å². The van der Waals surface area contributed by atoms with E-state index in [1.54, 1.807) is 30.0 Å². The van der Waals surface area contributed by atoms with Crippen molar-refractivity contribution in [2.75, 3.05) is 20.3 Å². The number of aromatic nitrogens is 2. The molecule has 6 nitrogen and oxygen atoms in total. The second kappa shape index (κ2) is 9.03. The first-order valence-corrected chi connectivity index (χ1v) is 9.00. The van der Waals surface area contributed by atoms with Crippen molar-refractivity contribution in [2.45, 2.75) is 13.3 Å². The molecular weight excluding hydrogens is 361 g/mol. The van der Waals surface area contributed by atoms with Crippen LogP contribution in [0.5, 0.6) is 11.5 Å². The summed E-state index contributed by atoms with van der Waals surface area (Å²) < 4.78 is 25.6. The Kier molecular flexibility index (Phi) is 6.26. The first-order chi connectivity index (χ1) is 13.6. The molecule has 1 aromatic heterocycles. The summed E-state index contributed by atoms with van der Waals surface area (Å²) in [6, 6.07) is 13.3. The van der Waals surface area contributed by atoms with Crippen molar-refractivity contribution in [1.29, 1.82) is 0 Å². The van der Waals surface area contributed by atoms with Crippen LogP contribution in [0.3, 0.4) is 0 Å². The number of nitrogens with zero attached hydrogens (tertiary/aromatic N) is 2. The third-order valence-electron chi connectivity index (χ3n) is 4.22. The first-order valence-electron chi connectivity index (χ1n) is 9.00. The van der Waals surface area contributed by atoms with E-state index in [-0.39, 0.29) is 11.7 Å². The number of ether oxygens (including phenoxy) is 2. The normalized spacial score (nSPS) is 10.5. The summed E-state index contributed by atoms with van der Waals surface area (Å²) in [5, 5.41) is 7.13. The van der Waals surface area contributed by atoms with Crippen LogP contribution in [-0.2, 0) is 6.42 Å². The van der Waals surface area contributed by atoms with Crippen molar-refractivity contribution in [2.24, 2.45) is 0 Å². The maximum atomic E-state index is 13.1. The average molecular weight is 383 g/mol. The third-order valence-corrected chi connectivity index (χ3v) is 4.22. The lowest BCUT2D eigenvalue weighted by Gasteiger charge is -2.10. The van der Waals surface area contributed by atoms with E-state index >= 15 is 0 Å². The Morgan fingerprint density at radius 3 is 2.64 bits per heavy atom. The van der Waals surface area contributed by atoms with Gasteiger partial charge >= 0.3 is 0 Å². The fourth-order valence-electron chi connectivity index (χ4n) is 2.83. The number of halogens is 1. The molecule has 0 aliphatic rings. The van der Waals surface area contributed by atoms with Gasteiger partial charge in [-0.3, -0.25) is 4.79 Å². The molecule has 0 unspecified atom stereocenters. The van der Waals surface area contributed by atoms with Gasteiger partial charge in [0.15, 0.2) is 0 Å². The number of amides is 1. The largest absolute Gasteiger partial charge is 0.497 e. The van der Waals surface area contributed by atoms with E-state index in [1.165, 1.54) is 18.3 Å². The van der Waals surface area contributed by atoms with Gasteiger partial charge in [0.25, 0.3) is 5.91 Å². The molecule has 7 heteroatoms. The lowest BCUT2D eigenvalue weighted by molar-refractivity contribution is 0.0946. The number of rotatable bonds is 8. The van der Waals surface area contributed by atoms with Crippen molar-refractivity contribution in [3.05, 3.63) is 71.8 Å². The number of nitrogens with one attached hydrogen (secondary N) is 1. The number of carbonyl (C=O) groups excluding carboxylic acids is 1. The van der Waals surface area contributed by atoms with Crippen LogP contribution < -0.4 is 14.8 Å². The zero-order valence-electron chi connectivity index (χ0n) is 15.8. The SMILES string of the molecule is CCc1c(C(=O)NCCOc2cccc(OC)c2)cnn1-c1ccc(F)cc1. The molecular formula is C21H22FN3O3. The minimum Gasteiger partial charge on any atom is -0.497 e. The van der Waals surface area contributed by atoms with E-state index in [0.29, 0.717) is 42.3 Å². The van der Waals surface area contributed by atoms with Gasteiger partial charge in [-0.05, 0) is 42.8 Å². The van der Waals surface area contributed by atoms with Crippen LogP contribution in [0.1, 0.15) is 23.0 Å². The van der Waals surface area contributed by atoms with E-state index < -0.39 is 0 Å². The Balaban J connectivity index is 1.60. The number of benzene rings is 2. The number of methoxy groups -OCH3 is 1.